The van der Waals surface area contributed by atoms with Crippen molar-refractivity contribution in [1.29, 1.82) is 0 Å². The molecular formula is C21H23BrN2O4S. The number of hydrogen-bond donors (Lipinski definition) is 1. The third kappa shape index (κ3) is 5.00. The van der Waals surface area contributed by atoms with Gasteiger partial charge in [0.2, 0.25) is 26.6 Å². The van der Waals surface area contributed by atoms with Gasteiger partial charge in [-0.15, -0.1) is 0 Å². The second-order valence-corrected chi connectivity index (χ2v) is 9.62. The molecule has 2 aromatic carbocycles. The summed E-state index contributed by atoms with van der Waals surface area (Å²) in [5.74, 6) is 1.40. The fourth-order valence-electron chi connectivity index (χ4n) is 2.61. The van der Waals surface area contributed by atoms with Crippen molar-refractivity contribution in [2.75, 3.05) is 18.5 Å². The van der Waals surface area contributed by atoms with Crippen molar-refractivity contribution in [2.24, 2.45) is 5.92 Å². The van der Waals surface area contributed by atoms with Crippen molar-refractivity contribution >= 4 is 31.7 Å². The largest absolute Gasteiger partial charge is 0.494 e. The van der Waals surface area contributed by atoms with Crippen molar-refractivity contribution in [3.63, 3.8) is 0 Å². The van der Waals surface area contributed by atoms with E-state index in [2.05, 4.69) is 26.2 Å². The standard InChI is InChI=1S/C21H23BrN2O4S/c1-4-27-17-9-5-15(6-10-17)19-24-21(20(28-19)23-13-14(2)3)29(25,26)18-11-7-16(22)8-12-18/h5-12,14,23H,4,13H2,1-3H3. The van der Waals surface area contributed by atoms with Crippen LogP contribution in [0.25, 0.3) is 11.5 Å². The Kier molecular flexibility index (Phi) is 6.64. The molecule has 1 N–H and O–H groups in total. The normalized spacial score (nSPS) is 11.6. The number of benzene rings is 2. The number of sulfone groups is 1. The molecule has 0 aliphatic rings. The van der Waals surface area contributed by atoms with E-state index in [0.29, 0.717) is 24.6 Å². The molecule has 0 atom stereocenters. The summed E-state index contributed by atoms with van der Waals surface area (Å²) >= 11 is 3.32. The first-order valence-corrected chi connectivity index (χ1v) is 11.6. The second kappa shape index (κ2) is 9.00. The fraction of sp³-hybridized carbons (Fsp3) is 0.286. The Morgan fingerprint density at radius 1 is 1.10 bits per heavy atom. The van der Waals surface area contributed by atoms with Gasteiger partial charge in [0, 0.05) is 16.6 Å². The van der Waals surface area contributed by atoms with Gasteiger partial charge >= 0.3 is 0 Å². The third-order valence-electron chi connectivity index (χ3n) is 4.06. The average molecular weight is 479 g/mol. The minimum atomic E-state index is -3.85. The van der Waals surface area contributed by atoms with Crippen LogP contribution in [0.5, 0.6) is 5.75 Å². The van der Waals surface area contributed by atoms with Gasteiger partial charge in [0.15, 0.2) is 0 Å². The predicted molar refractivity (Wildman–Crippen MR) is 116 cm³/mol. The highest BCUT2D eigenvalue weighted by atomic mass is 79.9. The van der Waals surface area contributed by atoms with Crippen molar-refractivity contribution in [1.82, 2.24) is 4.98 Å². The molecule has 0 amide bonds. The molecule has 0 aliphatic heterocycles. The van der Waals surface area contributed by atoms with Gasteiger partial charge in [0.1, 0.15) is 5.75 Å². The van der Waals surface area contributed by atoms with Crippen LogP contribution in [0.2, 0.25) is 0 Å². The summed E-state index contributed by atoms with van der Waals surface area (Å²) in [4.78, 5) is 4.49. The molecule has 8 heteroatoms. The van der Waals surface area contributed by atoms with E-state index in [-0.39, 0.29) is 21.7 Å². The second-order valence-electron chi connectivity index (χ2n) is 6.84. The summed E-state index contributed by atoms with van der Waals surface area (Å²) in [7, 11) is -3.85. The number of anilines is 1. The SMILES string of the molecule is CCOc1ccc(-c2nc(S(=O)(=O)c3ccc(Br)cc3)c(NCC(C)C)o2)cc1. The minimum absolute atomic E-state index is 0.121. The average Bonchev–Trinajstić information content (AvgIpc) is 3.13. The van der Waals surface area contributed by atoms with Crippen molar-refractivity contribution in [3.05, 3.63) is 53.0 Å². The molecule has 1 aromatic heterocycles. The fourth-order valence-corrected chi connectivity index (χ4v) is 4.15. The Hall–Kier alpha value is -2.32. The van der Waals surface area contributed by atoms with E-state index >= 15 is 0 Å². The highest BCUT2D eigenvalue weighted by molar-refractivity contribution is 9.10. The smallest absolute Gasteiger partial charge is 0.233 e. The highest BCUT2D eigenvalue weighted by Gasteiger charge is 2.28. The maximum atomic E-state index is 13.2. The van der Waals surface area contributed by atoms with Gasteiger partial charge in [-0.2, -0.15) is 4.98 Å². The lowest BCUT2D eigenvalue weighted by Crippen LogP contribution is -2.11. The summed E-state index contributed by atoms with van der Waals surface area (Å²) in [5.41, 5.74) is 0.665. The molecule has 0 saturated heterocycles. The van der Waals surface area contributed by atoms with E-state index in [4.69, 9.17) is 9.15 Å². The van der Waals surface area contributed by atoms with Crippen LogP contribution in [0.3, 0.4) is 0 Å². The number of ether oxygens (including phenoxy) is 1. The lowest BCUT2D eigenvalue weighted by Gasteiger charge is -2.08. The Balaban J connectivity index is 2.03. The van der Waals surface area contributed by atoms with E-state index < -0.39 is 9.84 Å². The molecule has 0 radical (unpaired) electrons. The van der Waals surface area contributed by atoms with Crippen LogP contribution in [0.15, 0.2) is 67.3 Å². The summed E-state index contributed by atoms with van der Waals surface area (Å²) in [6.07, 6.45) is 0. The number of aromatic nitrogens is 1. The van der Waals surface area contributed by atoms with Crippen LogP contribution >= 0.6 is 15.9 Å². The lowest BCUT2D eigenvalue weighted by molar-refractivity contribution is 0.340. The number of halogens is 1. The van der Waals surface area contributed by atoms with Crippen molar-refractivity contribution in [2.45, 2.75) is 30.7 Å². The van der Waals surface area contributed by atoms with Gasteiger partial charge in [0.25, 0.3) is 0 Å². The molecule has 0 unspecified atom stereocenters. The molecule has 6 nitrogen and oxygen atoms in total. The van der Waals surface area contributed by atoms with Gasteiger partial charge < -0.3 is 14.5 Å². The Labute approximate surface area is 179 Å². The Bertz CT molecular complexity index is 1060. The molecule has 0 aliphatic carbocycles. The molecule has 29 heavy (non-hydrogen) atoms. The van der Waals surface area contributed by atoms with Gasteiger partial charge in [-0.05, 0) is 61.4 Å². The molecule has 3 rings (SSSR count). The van der Waals surface area contributed by atoms with E-state index in [1.165, 1.54) is 12.1 Å². The zero-order valence-corrected chi connectivity index (χ0v) is 18.9. The maximum absolute atomic E-state index is 13.2. The summed E-state index contributed by atoms with van der Waals surface area (Å²) in [6, 6.07) is 13.6. The van der Waals surface area contributed by atoms with Gasteiger partial charge in [0.05, 0.1) is 11.5 Å². The first-order valence-electron chi connectivity index (χ1n) is 9.30. The van der Waals surface area contributed by atoms with Crippen LogP contribution in [-0.4, -0.2) is 26.6 Å². The Morgan fingerprint density at radius 3 is 2.34 bits per heavy atom. The molecular weight excluding hydrogens is 456 g/mol. The number of hydrogen-bond acceptors (Lipinski definition) is 6. The molecule has 154 valence electrons. The number of rotatable bonds is 8. The van der Waals surface area contributed by atoms with E-state index in [0.717, 1.165) is 10.2 Å². The van der Waals surface area contributed by atoms with E-state index in [9.17, 15) is 8.42 Å². The van der Waals surface area contributed by atoms with Crippen LogP contribution in [-0.2, 0) is 9.84 Å². The van der Waals surface area contributed by atoms with Crippen LogP contribution in [0, 0.1) is 5.92 Å². The molecule has 1 heterocycles. The van der Waals surface area contributed by atoms with Gasteiger partial charge in [-0.1, -0.05) is 29.8 Å². The van der Waals surface area contributed by atoms with Gasteiger partial charge in [-0.3, -0.25) is 0 Å². The van der Waals surface area contributed by atoms with Gasteiger partial charge in [-0.25, -0.2) is 8.42 Å². The Morgan fingerprint density at radius 2 is 1.76 bits per heavy atom. The summed E-state index contributed by atoms with van der Waals surface area (Å²) in [6.45, 7) is 7.09. The monoisotopic (exact) mass is 478 g/mol. The molecule has 0 bridgehead atoms. The van der Waals surface area contributed by atoms with E-state index in [1.807, 2.05) is 20.8 Å². The van der Waals surface area contributed by atoms with Crippen LogP contribution in [0.1, 0.15) is 20.8 Å². The topological polar surface area (TPSA) is 81.4 Å². The third-order valence-corrected chi connectivity index (χ3v) is 6.26. The molecule has 0 spiro atoms. The first-order chi connectivity index (χ1) is 13.8. The van der Waals surface area contributed by atoms with Crippen molar-refractivity contribution in [3.8, 4) is 17.2 Å². The lowest BCUT2D eigenvalue weighted by atomic mass is 10.2. The first kappa shape index (κ1) is 21.4. The maximum Gasteiger partial charge on any atom is 0.233 e. The van der Waals surface area contributed by atoms with Crippen molar-refractivity contribution < 1.29 is 17.6 Å². The minimum Gasteiger partial charge on any atom is -0.494 e. The molecule has 0 fully saturated rings. The number of nitrogens with one attached hydrogen (secondary N) is 1. The number of oxazole rings is 1. The number of nitrogens with zero attached hydrogens (tertiary/aromatic N) is 1. The van der Waals surface area contributed by atoms with E-state index in [1.54, 1.807) is 36.4 Å². The highest BCUT2D eigenvalue weighted by Crippen LogP contribution is 2.33. The van der Waals surface area contributed by atoms with Crippen LogP contribution < -0.4 is 10.1 Å². The zero-order chi connectivity index (χ0) is 21.0. The summed E-state index contributed by atoms with van der Waals surface area (Å²) < 4.78 is 38.5. The molecule has 3 aromatic rings. The van der Waals surface area contributed by atoms with Crippen LogP contribution in [0.4, 0.5) is 5.88 Å². The molecule has 0 saturated carbocycles. The summed E-state index contributed by atoms with van der Waals surface area (Å²) in [5, 5.41) is 2.96. The quantitative estimate of drug-likeness (QED) is 0.466. The predicted octanol–water partition coefficient (Wildman–Crippen LogP) is 5.40. The zero-order valence-electron chi connectivity index (χ0n) is 16.5.